The van der Waals surface area contributed by atoms with Gasteiger partial charge in [0.25, 0.3) is 5.69 Å². The second-order valence-corrected chi connectivity index (χ2v) is 4.54. The van der Waals surface area contributed by atoms with E-state index in [9.17, 15) is 19.7 Å². The standard InChI is InChI=1S/C12H13N3O4/c1-7-2-3-9(5-10(7)15(18)19)14-6-8(12(13)17)4-11(14)16/h2-3,5,8H,4,6H2,1H3,(H2,13,17)/t8-/m1/s1. The summed E-state index contributed by atoms with van der Waals surface area (Å²) in [6.07, 6.45) is 0.0526. The Balaban J connectivity index is 2.33. The molecule has 2 amide bonds. The van der Waals surface area contributed by atoms with E-state index in [1.165, 1.54) is 11.0 Å². The molecule has 1 aliphatic heterocycles. The third kappa shape index (κ3) is 2.40. The molecule has 1 aromatic carbocycles. The molecule has 1 saturated heterocycles. The predicted molar refractivity (Wildman–Crippen MR) is 67.5 cm³/mol. The molecular weight excluding hydrogens is 250 g/mol. The summed E-state index contributed by atoms with van der Waals surface area (Å²) in [6, 6.07) is 4.55. The van der Waals surface area contributed by atoms with Gasteiger partial charge in [-0.25, -0.2) is 0 Å². The van der Waals surface area contributed by atoms with Gasteiger partial charge in [0.1, 0.15) is 0 Å². The number of nitro groups is 1. The molecule has 100 valence electrons. The van der Waals surface area contributed by atoms with Gasteiger partial charge in [0.15, 0.2) is 0 Å². The molecule has 1 fully saturated rings. The number of carbonyl (C=O) groups excluding carboxylic acids is 2. The fourth-order valence-corrected chi connectivity index (χ4v) is 2.11. The molecule has 2 N–H and O–H groups in total. The lowest BCUT2D eigenvalue weighted by Crippen LogP contribution is -2.28. The molecule has 7 heteroatoms. The number of carbonyl (C=O) groups is 2. The van der Waals surface area contributed by atoms with Crippen molar-refractivity contribution in [1.82, 2.24) is 0 Å². The highest BCUT2D eigenvalue weighted by atomic mass is 16.6. The third-order valence-corrected chi connectivity index (χ3v) is 3.23. The quantitative estimate of drug-likeness (QED) is 0.641. The molecule has 7 nitrogen and oxygen atoms in total. The summed E-state index contributed by atoms with van der Waals surface area (Å²) in [6.45, 7) is 1.80. The van der Waals surface area contributed by atoms with E-state index in [4.69, 9.17) is 5.73 Å². The molecule has 1 heterocycles. The van der Waals surface area contributed by atoms with Crippen LogP contribution in [0.4, 0.5) is 11.4 Å². The number of rotatable bonds is 3. The maximum absolute atomic E-state index is 11.8. The summed E-state index contributed by atoms with van der Waals surface area (Å²) in [5.41, 5.74) is 6.07. The Morgan fingerprint density at radius 2 is 2.21 bits per heavy atom. The van der Waals surface area contributed by atoms with Crippen LogP contribution in [0.1, 0.15) is 12.0 Å². The average molecular weight is 263 g/mol. The number of nitro benzene ring substituents is 1. The van der Waals surface area contributed by atoms with Gasteiger partial charge in [-0.1, -0.05) is 6.07 Å². The Labute approximate surface area is 109 Å². The SMILES string of the molecule is Cc1ccc(N2C[C@H](C(N)=O)CC2=O)cc1[N+](=O)[O-]. The minimum atomic E-state index is -0.534. The fourth-order valence-electron chi connectivity index (χ4n) is 2.11. The molecule has 0 aliphatic carbocycles. The summed E-state index contributed by atoms with van der Waals surface area (Å²) in [5, 5.41) is 10.9. The largest absolute Gasteiger partial charge is 0.369 e. The fraction of sp³-hybridized carbons (Fsp3) is 0.333. The van der Waals surface area contributed by atoms with Crippen LogP contribution < -0.4 is 10.6 Å². The van der Waals surface area contributed by atoms with Crippen LogP contribution in [0.3, 0.4) is 0 Å². The van der Waals surface area contributed by atoms with E-state index in [1.54, 1.807) is 19.1 Å². The van der Waals surface area contributed by atoms with Gasteiger partial charge in [0, 0.05) is 24.6 Å². The molecule has 0 saturated carbocycles. The highest BCUT2D eigenvalue weighted by Gasteiger charge is 2.34. The predicted octanol–water partition coefficient (Wildman–Crippen LogP) is 0.741. The topological polar surface area (TPSA) is 107 Å². The zero-order valence-electron chi connectivity index (χ0n) is 10.3. The van der Waals surface area contributed by atoms with Crippen molar-refractivity contribution in [2.24, 2.45) is 11.7 Å². The van der Waals surface area contributed by atoms with Crippen LogP contribution in [0.5, 0.6) is 0 Å². The number of hydrogen-bond acceptors (Lipinski definition) is 4. The van der Waals surface area contributed by atoms with Gasteiger partial charge in [-0.2, -0.15) is 0 Å². The maximum atomic E-state index is 11.8. The highest BCUT2D eigenvalue weighted by molar-refractivity contribution is 6.00. The smallest absolute Gasteiger partial charge is 0.274 e. The number of primary amides is 1. The first-order valence-corrected chi connectivity index (χ1v) is 5.75. The van der Waals surface area contributed by atoms with Crippen molar-refractivity contribution in [2.75, 3.05) is 11.4 Å². The van der Waals surface area contributed by atoms with Crippen molar-refractivity contribution in [2.45, 2.75) is 13.3 Å². The molecule has 19 heavy (non-hydrogen) atoms. The third-order valence-electron chi connectivity index (χ3n) is 3.23. The second kappa shape index (κ2) is 4.68. The Morgan fingerprint density at radius 1 is 1.53 bits per heavy atom. The molecule has 0 radical (unpaired) electrons. The Bertz CT molecular complexity index is 570. The molecule has 1 atom stereocenters. The Morgan fingerprint density at radius 3 is 2.74 bits per heavy atom. The van der Waals surface area contributed by atoms with E-state index in [1.807, 2.05) is 0 Å². The van der Waals surface area contributed by atoms with Gasteiger partial charge >= 0.3 is 0 Å². The van der Waals surface area contributed by atoms with Crippen molar-refractivity contribution in [3.8, 4) is 0 Å². The Kier molecular flexibility index (Phi) is 3.20. The summed E-state index contributed by atoms with van der Waals surface area (Å²) in [5.74, 6) is -1.31. The first kappa shape index (κ1) is 13.0. The number of aryl methyl sites for hydroxylation is 1. The van der Waals surface area contributed by atoms with E-state index >= 15 is 0 Å². The van der Waals surface area contributed by atoms with Gasteiger partial charge in [-0.15, -0.1) is 0 Å². The van der Waals surface area contributed by atoms with E-state index in [0.29, 0.717) is 11.3 Å². The zero-order chi connectivity index (χ0) is 14.2. The van der Waals surface area contributed by atoms with E-state index in [2.05, 4.69) is 0 Å². The number of nitrogens with two attached hydrogens (primary N) is 1. The van der Waals surface area contributed by atoms with Crippen molar-refractivity contribution in [3.63, 3.8) is 0 Å². The normalized spacial score (nSPS) is 18.7. The number of amides is 2. The van der Waals surface area contributed by atoms with Crippen molar-refractivity contribution >= 4 is 23.2 Å². The Hall–Kier alpha value is -2.44. The molecule has 0 unspecified atom stereocenters. The van der Waals surface area contributed by atoms with Crippen LogP contribution in [0.2, 0.25) is 0 Å². The summed E-state index contributed by atoms with van der Waals surface area (Å²) >= 11 is 0. The minimum absolute atomic E-state index is 0.0483. The molecule has 0 bridgehead atoms. The number of anilines is 1. The number of nitrogens with zero attached hydrogens (tertiary/aromatic N) is 2. The molecule has 1 aliphatic rings. The monoisotopic (exact) mass is 263 g/mol. The summed E-state index contributed by atoms with van der Waals surface area (Å²) in [7, 11) is 0. The van der Waals surface area contributed by atoms with E-state index in [0.717, 1.165) is 0 Å². The zero-order valence-corrected chi connectivity index (χ0v) is 10.3. The van der Waals surface area contributed by atoms with Crippen molar-refractivity contribution in [1.29, 1.82) is 0 Å². The molecule has 2 rings (SSSR count). The molecule has 0 aromatic heterocycles. The van der Waals surface area contributed by atoms with Gasteiger partial charge in [0.05, 0.1) is 16.5 Å². The van der Waals surface area contributed by atoms with Crippen LogP contribution in [0, 0.1) is 23.0 Å². The first-order valence-electron chi connectivity index (χ1n) is 5.75. The number of benzene rings is 1. The highest BCUT2D eigenvalue weighted by Crippen LogP contribution is 2.29. The van der Waals surface area contributed by atoms with Crippen LogP contribution >= 0.6 is 0 Å². The van der Waals surface area contributed by atoms with Gasteiger partial charge in [-0.3, -0.25) is 19.7 Å². The van der Waals surface area contributed by atoms with Gasteiger partial charge < -0.3 is 10.6 Å². The van der Waals surface area contributed by atoms with Gasteiger partial charge in [-0.05, 0) is 13.0 Å². The van der Waals surface area contributed by atoms with Crippen LogP contribution in [0.15, 0.2) is 18.2 Å². The lowest BCUT2D eigenvalue weighted by Gasteiger charge is -2.16. The van der Waals surface area contributed by atoms with Crippen molar-refractivity contribution in [3.05, 3.63) is 33.9 Å². The molecule has 0 spiro atoms. The molecule has 1 aromatic rings. The maximum Gasteiger partial charge on any atom is 0.274 e. The number of hydrogen-bond donors (Lipinski definition) is 1. The second-order valence-electron chi connectivity index (χ2n) is 4.54. The van der Waals surface area contributed by atoms with E-state index in [-0.39, 0.29) is 24.6 Å². The molecular formula is C12H13N3O4. The minimum Gasteiger partial charge on any atom is -0.369 e. The van der Waals surface area contributed by atoms with Crippen molar-refractivity contribution < 1.29 is 14.5 Å². The van der Waals surface area contributed by atoms with Gasteiger partial charge in [0.2, 0.25) is 11.8 Å². The first-order chi connectivity index (χ1) is 8.90. The van der Waals surface area contributed by atoms with Crippen LogP contribution in [-0.4, -0.2) is 23.3 Å². The van der Waals surface area contributed by atoms with Crippen LogP contribution in [-0.2, 0) is 9.59 Å². The summed E-state index contributed by atoms with van der Waals surface area (Å²) < 4.78 is 0. The average Bonchev–Trinajstić information content (AvgIpc) is 2.72. The lowest BCUT2D eigenvalue weighted by atomic mass is 10.1. The van der Waals surface area contributed by atoms with E-state index < -0.39 is 16.7 Å². The van der Waals surface area contributed by atoms with Crippen LogP contribution in [0.25, 0.3) is 0 Å². The lowest BCUT2D eigenvalue weighted by molar-refractivity contribution is -0.385. The summed E-state index contributed by atoms with van der Waals surface area (Å²) in [4.78, 5) is 34.6.